The Labute approximate surface area is 117 Å². The van der Waals surface area contributed by atoms with Gasteiger partial charge in [0.25, 0.3) is 0 Å². The molecule has 3 nitrogen and oxygen atoms in total. The molecule has 0 radical (unpaired) electrons. The number of benzene rings is 2. The summed E-state index contributed by atoms with van der Waals surface area (Å²) < 4.78 is 11.6. The van der Waals surface area contributed by atoms with Gasteiger partial charge in [-0.15, -0.1) is 0 Å². The molecule has 0 fully saturated rings. The fourth-order valence-corrected chi connectivity index (χ4v) is 3.44. The number of hydrogen-bond donors (Lipinski definition) is 1. The molecule has 2 aliphatic heterocycles. The average Bonchev–Trinajstić information content (AvgIpc) is 2.48. The van der Waals surface area contributed by atoms with E-state index in [1.54, 1.807) is 13.2 Å². The van der Waals surface area contributed by atoms with Crippen LogP contribution in [0.15, 0.2) is 36.4 Å². The molecule has 0 amide bonds. The highest BCUT2D eigenvalue weighted by molar-refractivity contribution is 5.53. The lowest BCUT2D eigenvalue weighted by atomic mass is 9.81. The molecule has 2 aliphatic rings. The van der Waals surface area contributed by atoms with Gasteiger partial charge in [-0.05, 0) is 23.3 Å². The quantitative estimate of drug-likeness (QED) is 0.862. The van der Waals surface area contributed by atoms with Crippen LogP contribution in [0.4, 0.5) is 0 Å². The van der Waals surface area contributed by atoms with E-state index in [0.29, 0.717) is 12.2 Å². The second kappa shape index (κ2) is 4.25. The average molecular weight is 268 g/mol. The number of aromatic hydroxyl groups is 1. The Morgan fingerprint density at radius 3 is 2.80 bits per heavy atom. The predicted octanol–water partition coefficient (Wildman–Crippen LogP) is 3.31. The number of phenols is 1. The summed E-state index contributed by atoms with van der Waals surface area (Å²) in [5.74, 6) is 1.15. The Bertz CT molecular complexity index is 678. The van der Waals surface area contributed by atoms with E-state index in [-0.39, 0.29) is 12.2 Å². The number of fused-ring (bicyclic) bond motifs is 6. The van der Waals surface area contributed by atoms with E-state index >= 15 is 0 Å². The summed E-state index contributed by atoms with van der Waals surface area (Å²) in [6.45, 7) is 0. The third kappa shape index (κ3) is 1.56. The summed E-state index contributed by atoms with van der Waals surface area (Å²) in [5.41, 5.74) is 4.57. The number of hydrogen-bond acceptors (Lipinski definition) is 3. The molecule has 20 heavy (non-hydrogen) atoms. The van der Waals surface area contributed by atoms with Crippen molar-refractivity contribution in [2.24, 2.45) is 0 Å². The van der Waals surface area contributed by atoms with E-state index in [9.17, 15) is 5.11 Å². The molecule has 1 N–H and O–H groups in total. The van der Waals surface area contributed by atoms with E-state index in [2.05, 4.69) is 18.2 Å². The number of rotatable bonds is 1. The van der Waals surface area contributed by atoms with Gasteiger partial charge in [-0.1, -0.05) is 24.3 Å². The van der Waals surface area contributed by atoms with Crippen LogP contribution in [0.25, 0.3) is 0 Å². The normalized spacial score (nSPS) is 22.9. The molecule has 3 heteroatoms. The van der Waals surface area contributed by atoms with Crippen LogP contribution < -0.4 is 4.74 Å². The molecular formula is C17H16O3. The van der Waals surface area contributed by atoms with Crippen molar-refractivity contribution in [1.82, 2.24) is 0 Å². The Balaban J connectivity index is 1.89. The third-order valence-electron chi connectivity index (χ3n) is 4.36. The van der Waals surface area contributed by atoms with Crippen molar-refractivity contribution in [2.75, 3.05) is 7.11 Å². The Morgan fingerprint density at radius 2 is 1.95 bits per heavy atom. The zero-order chi connectivity index (χ0) is 13.7. The monoisotopic (exact) mass is 268 g/mol. The molecule has 0 saturated carbocycles. The van der Waals surface area contributed by atoms with Gasteiger partial charge >= 0.3 is 0 Å². The van der Waals surface area contributed by atoms with Gasteiger partial charge in [-0.3, -0.25) is 0 Å². The third-order valence-corrected chi connectivity index (χ3v) is 4.36. The second-order valence-electron chi connectivity index (χ2n) is 5.40. The fourth-order valence-electron chi connectivity index (χ4n) is 3.44. The second-order valence-corrected chi connectivity index (χ2v) is 5.40. The van der Waals surface area contributed by atoms with Gasteiger partial charge in [-0.25, -0.2) is 0 Å². The zero-order valence-corrected chi connectivity index (χ0v) is 11.3. The molecule has 2 atom stereocenters. The zero-order valence-electron chi connectivity index (χ0n) is 11.3. The van der Waals surface area contributed by atoms with Crippen molar-refractivity contribution in [3.05, 3.63) is 58.7 Å². The van der Waals surface area contributed by atoms with E-state index in [4.69, 9.17) is 9.47 Å². The first-order valence-corrected chi connectivity index (χ1v) is 6.90. The summed E-state index contributed by atoms with van der Waals surface area (Å²) >= 11 is 0. The van der Waals surface area contributed by atoms with Crippen LogP contribution in [0, 0.1) is 0 Å². The maximum atomic E-state index is 10.2. The summed E-state index contributed by atoms with van der Waals surface area (Å²) in [6, 6.07) is 11.9. The first-order valence-electron chi connectivity index (χ1n) is 6.90. The largest absolute Gasteiger partial charge is 0.508 e. The summed E-state index contributed by atoms with van der Waals surface area (Å²) in [6.07, 6.45) is 1.54. The first kappa shape index (κ1) is 11.8. The summed E-state index contributed by atoms with van der Waals surface area (Å²) in [4.78, 5) is 0. The van der Waals surface area contributed by atoms with Crippen LogP contribution >= 0.6 is 0 Å². The maximum Gasteiger partial charge on any atom is 0.125 e. The van der Waals surface area contributed by atoms with E-state index < -0.39 is 0 Å². The topological polar surface area (TPSA) is 38.7 Å². The number of methoxy groups -OCH3 is 1. The van der Waals surface area contributed by atoms with Crippen molar-refractivity contribution >= 4 is 0 Å². The molecule has 0 spiro atoms. The standard InChI is InChI=1S/C17H16O3/c1-19-14-7-6-13(18)12-9-15-11-5-3-2-4-10(11)8-16(20-15)17(12)14/h2-7,15-16,18H,8-9H2,1H3/t15-,16-/m1/s1. The minimum absolute atomic E-state index is 0.0271. The van der Waals surface area contributed by atoms with Crippen molar-refractivity contribution in [3.8, 4) is 11.5 Å². The molecule has 0 saturated heterocycles. The Morgan fingerprint density at radius 1 is 1.10 bits per heavy atom. The lowest BCUT2D eigenvalue weighted by molar-refractivity contribution is -0.0409. The molecular weight excluding hydrogens is 252 g/mol. The Kier molecular flexibility index (Phi) is 2.51. The maximum absolute atomic E-state index is 10.2. The molecule has 2 aromatic rings. The predicted molar refractivity (Wildman–Crippen MR) is 75.1 cm³/mol. The van der Waals surface area contributed by atoms with Crippen molar-refractivity contribution < 1.29 is 14.6 Å². The summed E-state index contributed by atoms with van der Waals surface area (Å²) in [5, 5.41) is 10.2. The smallest absolute Gasteiger partial charge is 0.125 e. The number of ether oxygens (including phenoxy) is 2. The minimum Gasteiger partial charge on any atom is -0.508 e. The SMILES string of the molecule is COc1ccc(O)c2c1[C@H]1Cc3ccccc3[C@@H](C2)O1. The highest BCUT2D eigenvalue weighted by Crippen LogP contribution is 2.49. The van der Waals surface area contributed by atoms with Gasteiger partial charge in [-0.2, -0.15) is 0 Å². The lowest BCUT2D eigenvalue weighted by Crippen LogP contribution is -2.28. The van der Waals surface area contributed by atoms with Crippen LogP contribution in [0.3, 0.4) is 0 Å². The van der Waals surface area contributed by atoms with Crippen LogP contribution in [0.2, 0.25) is 0 Å². The van der Waals surface area contributed by atoms with Crippen LogP contribution in [0.5, 0.6) is 11.5 Å². The molecule has 2 aromatic carbocycles. The molecule has 0 aromatic heterocycles. The molecule has 2 heterocycles. The lowest BCUT2D eigenvalue weighted by Gasteiger charge is -2.39. The van der Waals surface area contributed by atoms with Gasteiger partial charge in [0.15, 0.2) is 0 Å². The Hall–Kier alpha value is -2.00. The minimum atomic E-state index is -0.0271. The van der Waals surface area contributed by atoms with E-state index in [1.807, 2.05) is 12.1 Å². The van der Waals surface area contributed by atoms with Gasteiger partial charge in [0.1, 0.15) is 11.5 Å². The molecule has 4 rings (SSSR count). The van der Waals surface area contributed by atoms with Gasteiger partial charge in [0, 0.05) is 24.0 Å². The molecule has 0 aliphatic carbocycles. The number of phenolic OH excluding ortho intramolecular Hbond substituents is 1. The van der Waals surface area contributed by atoms with Crippen LogP contribution in [0.1, 0.15) is 34.5 Å². The van der Waals surface area contributed by atoms with Crippen LogP contribution in [-0.4, -0.2) is 12.2 Å². The molecule has 0 unspecified atom stereocenters. The van der Waals surface area contributed by atoms with E-state index in [0.717, 1.165) is 23.3 Å². The van der Waals surface area contributed by atoms with Crippen LogP contribution in [-0.2, 0) is 17.6 Å². The van der Waals surface area contributed by atoms with E-state index in [1.165, 1.54) is 11.1 Å². The highest BCUT2D eigenvalue weighted by Gasteiger charge is 2.37. The van der Waals surface area contributed by atoms with Crippen molar-refractivity contribution in [3.63, 3.8) is 0 Å². The molecule has 102 valence electrons. The summed E-state index contributed by atoms with van der Waals surface area (Å²) in [7, 11) is 1.66. The highest BCUT2D eigenvalue weighted by atomic mass is 16.5. The first-order chi connectivity index (χ1) is 9.78. The molecule has 2 bridgehead atoms. The van der Waals surface area contributed by atoms with Gasteiger partial charge < -0.3 is 14.6 Å². The van der Waals surface area contributed by atoms with Gasteiger partial charge in [0.2, 0.25) is 0 Å². The van der Waals surface area contributed by atoms with Crippen molar-refractivity contribution in [1.29, 1.82) is 0 Å². The van der Waals surface area contributed by atoms with Gasteiger partial charge in [0.05, 0.1) is 19.3 Å². The van der Waals surface area contributed by atoms with Crippen molar-refractivity contribution in [2.45, 2.75) is 25.0 Å². The fraction of sp³-hybridized carbons (Fsp3) is 0.294.